The van der Waals surface area contributed by atoms with Crippen molar-refractivity contribution in [3.05, 3.63) is 40.4 Å². The predicted molar refractivity (Wildman–Crippen MR) is 141 cm³/mol. The van der Waals surface area contributed by atoms with Crippen LogP contribution in [-0.4, -0.2) is 46.1 Å². The first kappa shape index (κ1) is 26.5. The van der Waals surface area contributed by atoms with E-state index in [0.29, 0.717) is 24.9 Å². The molecule has 7 nitrogen and oxygen atoms in total. The van der Waals surface area contributed by atoms with Gasteiger partial charge in [0.2, 0.25) is 11.8 Å². The number of amides is 2. The second-order valence-corrected chi connectivity index (χ2v) is 11.2. The lowest BCUT2D eigenvalue weighted by atomic mass is 9.58. The van der Waals surface area contributed by atoms with Crippen molar-refractivity contribution >= 4 is 25.0 Å². The summed E-state index contributed by atoms with van der Waals surface area (Å²) in [6.45, 7) is 4.10. The van der Waals surface area contributed by atoms with Crippen molar-refractivity contribution in [3.63, 3.8) is 0 Å². The van der Waals surface area contributed by atoms with Gasteiger partial charge in [0.15, 0.2) is 0 Å². The molecule has 1 saturated carbocycles. The lowest BCUT2D eigenvalue weighted by Gasteiger charge is -2.43. The number of allylic oxidation sites excluding steroid dienone is 2. The van der Waals surface area contributed by atoms with Gasteiger partial charge < -0.3 is 19.2 Å². The van der Waals surface area contributed by atoms with Crippen LogP contribution in [-0.2, 0) is 20.9 Å². The molecule has 8 heteroatoms. The summed E-state index contributed by atoms with van der Waals surface area (Å²) in [5.74, 6) is 0.446. The molecular weight excluding hydrogens is 469 g/mol. The van der Waals surface area contributed by atoms with Crippen molar-refractivity contribution in [3.8, 4) is 0 Å². The highest BCUT2D eigenvalue weighted by molar-refractivity contribution is 6.43. The Morgan fingerprint density at radius 1 is 1.14 bits per heavy atom. The van der Waals surface area contributed by atoms with Gasteiger partial charge in [0, 0.05) is 6.04 Å². The van der Waals surface area contributed by atoms with Gasteiger partial charge in [0.05, 0.1) is 17.9 Å². The van der Waals surface area contributed by atoms with Crippen molar-refractivity contribution in [2.24, 2.45) is 17.8 Å². The molecule has 2 aliphatic heterocycles. The average molecular weight is 509 g/mol. The van der Waals surface area contributed by atoms with Gasteiger partial charge in [0.25, 0.3) is 0 Å². The van der Waals surface area contributed by atoms with Crippen LogP contribution in [0.3, 0.4) is 0 Å². The van der Waals surface area contributed by atoms with Crippen molar-refractivity contribution < 1.29 is 28.8 Å². The molecule has 4 aliphatic rings. The number of likely N-dealkylation sites (tertiary alicyclic amines) is 1. The van der Waals surface area contributed by atoms with E-state index in [1.54, 1.807) is 11.0 Å². The molecule has 2 amide bonds. The first-order valence-corrected chi connectivity index (χ1v) is 14.3. The maximum Gasteiger partial charge on any atom is 0.455 e. The molecule has 0 radical (unpaired) electrons. The van der Waals surface area contributed by atoms with Crippen LogP contribution in [0.1, 0.15) is 89.6 Å². The molecule has 5 rings (SSSR count). The fourth-order valence-corrected chi connectivity index (χ4v) is 7.25. The monoisotopic (exact) mass is 509 g/mol. The summed E-state index contributed by atoms with van der Waals surface area (Å²) >= 11 is 0. The molecule has 1 aromatic heterocycles. The summed E-state index contributed by atoms with van der Waals surface area (Å²) < 4.78 is 11.8. The van der Waals surface area contributed by atoms with Crippen LogP contribution in [0.2, 0.25) is 6.32 Å². The van der Waals surface area contributed by atoms with E-state index in [1.807, 2.05) is 12.1 Å². The van der Waals surface area contributed by atoms with E-state index in [0.717, 1.165) is 56.3 Å². The van der Waals surface area contributed by atoms with Gasteiger partial charge in [-0.3, -0.25) is 14.5 Å². The largest absolute Gasteiger partial charge is 0.459 e. The molecule has 2 aliphatic carbocycles. The number of fused-ring (bicyclic) bond motifs is 3. The Kier molecular flexibility index (Phi) is 8.08. The van der Waals surface area contributed by atoms with Gasteiger partial charge in [-0.1, -0.05) is 44.3 Å². The zero-order chi connectivity index (χ0) is 26.1. The minimum Gasteiger partial charge on any atom is -0.459 e. The number of rotatable bonds is 8. The van der Waals surface area contributed by atoms with Crippen LogP contribution in [0.4, 0.5) is 0 Å². The third-order valence-corrected chi connectivity index (χ3v) is 9.08. The minimum absolute atomic E-state index is 0.0148. The Morgan fingerprint density at radius 3 is 2.59 bits per heavy atom. The maximum atomic E-state index is 13.8. The molecule has 0 aromatic carbocycles. The quantitative estimate of drug-likeness (QED) is 0.294. The molecule has 2 saturated heterocycles. The van der Waals surface area contributed by atoms with E-state index >= 15 is 0 Å². The highest BCUT2D eigenvalue weighted by Crippen LogP contribution is 2.52. The Morgan fingerprint density at radius 2 is 1.92 bits per heavy atom. The number of nitrogens with zero attached hydrogens (tertiary/aromatic N) is 1. The van der Waals surface area contributed by atoms with Gasteiger partial charge in [-0.05, 0) is 81.0 Å². The second kappa shape index (κ2) is 11.3. The summed E-state index contributed by atoms with van der Waals surface area (Å²) in [5.41, 5.74) is 3.59. The molecule has 0 bridgehead atoms. The third kappa shape index (κ3) is 5.12. The molecule has 37 heavy (non-hydrogen) atoms. The number of imide groups is 1. The summed E-state index contributed by atoms with van der Waals surface area (Å²) in [6.07, 6.45) is 11.1. The minimum atomic E-state index is -0.937. The molecular formula is C29H40BNO6. The zero-order valence-electron chi connectivity index (χ0n) is 22.2. The van der Waals surface area contributed by atoms with E-state index in [2.05, 4.69) is 13.8 Å². The first-order valence-electron chi connectivity index (χ1n) is 14.3. The number of furan rings is 1. The molecule has 2 N–H and O–H groups in total. The number of aliphatic hydroxyl groups excluding tert-OH is 1. The number of hydrogen-bond acceptors (Lipinski definition) is 6. The highest BCUT2D eigenvalue weighted by Gasteiger charge is 2.58. The van der Waals surface area contributed by atoms with Crippen molar-refractivity contribution in [1.82, 2.24) is 4.90 Å². The van der Waals surface area contributed by atoms with Gasteiger partial charge in [-0.2, -0.15) is 0 Å². The molecule has 1 aromatic rings. The predicted octanol–water partition coefficient (Wildman–Crippen LogP) is 4.89. The number of hydrogen-bond donors (Lipinski definition) is 2. The lowest BCUT2D eigenvalue weighted by Crippen LogP contribution is -2.46. The smallest absolute Gasteiger partial charge is 0.455 e. The summed E-state index contributed by atoms with van der Waals surface area (Å²) in [5, 5.41) is 20.0. The normalized spacial score (nSPS) is 29.2. The third-order valence-electron chi connectivity index (χ3n) is 9.08. The van der Waals surface area contributed by atoms with Crippen LogP contribution in [0, 0.1) is 17.8 Å². The van der Waals surface area contributed by atoms with Crippen molar-refractivity contribution in [2.45, 2.75) is 103 Å². The fourth-order valence-electron chi connectivity index (χ4n) is 7.25. The summed E-state index contributed by atoms with van der Waals surface area (Å²) in [6, 6.07) is 3.67. The summed E-state index contributed by atoms with van der Waals surface area (Å²) in [7, 11) is -0.937. The Balaban J connectivity index is 1.38. The Labute approximate surface area is 220 Å². The average Bonchev–Trinajstić information content (AvgIpc) is 3.47. The zero-order valence-corrected chi connectivity index (χ0v) is 22.2. The molecule has 4 atom stereocenters. The van der Waals surface area contributed by atoms with Crippen molar-refractivity contribution in [2.75, 3.05) is 0 Å². The highest BCUT2D eigenvalue weighted by atomic mass is 16.5. The topological polar surface area (TPSA) is 100 Å². The van der Waals surface area contributed by atoms with Gasteiger partial charge in [0.1, 0.15) is 18.1 Å². The van der Waals surface area contributed by atoms with E-state index in [-0.39, 0.29) is 48.3 Å². The van der Waals surface area contributed by atoms with Crippen LogP contribution in [0.5, 0.6) is 0 Å². The lowest BCUT2D eigenvalue weighted by molar-refractivity contribution is -0.143. The second-order valence-electron chi connectivity index (χ2n) is 11.2. The van der Waals surface area contributed by atoms with Crippen LogP contribution in [0.25, 0.3) is 6.08 Å². The summed E-state index contributed by atoms with van der Waals surface area (Å²) in [4.78, 5) is 29.0. The van der Waals surface area contributed by atoms with Gasteiger partial charge >= 0.3 is 7.12 Å². The molecule has 3 fully saturated rings. The van der Waals surface area contributed by atoms with Crippen LogP contribution < -0.4 is 0 Å². The van der Waals surface area contributed by atoms with Crippen LogP contribution in [0.15, 0.2) is 33.3 Å². The molecule has 200 valence electrons. The number of carbonyl (C=O) groups excluding carboxylic acids is 2. The van der Waals surface area contributed by atoms with E-state index in [1.165, 1.54) is 17.6 Å². The van der Waals surface area contributed by atoms with Gasteiger partial charge in [-0.25, -0.2) is 0 Å². The first-order chi connectivity index (χ1) is 17.9. The Bertz CT molecular complexity index is 1070. The van der Waals surface area contributed by atoms with Crippen LogP contribution >= 0.6 is 0 Å². The molecule has 0 unspecified atom stereocenters. The maximum absolute atomic E-state index is 13.8. The number of aliphatic hydroxyl groups is 1. The molecule has 3 heterocycles. The SMILES string of the molecule is CCC1=C2[C@@H](CC/C(=C/c3ccc(CO)o3)CC)OB(O)C[C@@H]2[C@@H]2C(=O)N(C3CCCCC3)C(=O)[C@@H]2C1. The Hall–Kier alpha value is -2.16. The van der Waals surface area contributed by atoms with E-state index in [4.69, 9.17) is 9.07 Å². The van der Waals surface area contributed by atoms with E-state index in [9.17, 15) is 19.7 Å². The van der Waals surface area contributed by atoms with Gasteiger partial charge in [-0.15, -0.1) is 0 Å². The van der Waals surface area contributed by atoms with Crippen molar-refractivity contribution in [1.29, 1.82) is 0 Å². The molecule has 0 spiro atoms. The van der Waals surface area contributed by atoms with E-state index < -0.39 is 7.12 Å². The standard InChI is InChI=1S/C29H40BNO6/c1-3-18(14-21-11-12-22(17-32)36-21)10-13-25-26-19(4-2)15-23-27(24(26)16-30(35)37-25)29(34)31(28(23)33)20-8-6-5-7-9-20/h11-12,14,20,23-25,27,32,35H,3-10,13,15-17H2,1-2H3/b18-14+/t23-,24+,25-,27-/m1/s1. The fraction of sp³-hybridized carbons (Fsp3) is 0.655. The number of carbonyl (C=O) groups is 2.